The van der Waals surface area contributed by atoms with Gasteiger partial charge < -0.3 is 25.0 Å². The Bertz CT molecular complexity index is 1440. The molecule has 1 aliphatic heterocycles. The molecule has 39 heavy (non-hydrogen) atoms. The second-order valence-corrected chi connectivity index (χ2v) is 14.2. The number of rotatable bonds is 4. The predicted molar refractivity (Wildman–Crippen MR) is 154 cm³/mol. The number of phenolic OH excluding ortho intramolecular Hbond substituents is 1. The summed E-state index contributed by atoms with van der Waals surface area (Å²) < 4.78 is 32.1. The van der Waals surface area contributed by atoms with Gasteiger partial charge in [-0.25, -0.2) is 8.42 Å². The van der Waals surface area contributed by atoms with Gasteiger partial charge in [0.25, 0.3) is 0 Å². The van der Waals surface area contributed by atoms with E-state index in [-0.39, 0.29) is 21.7 Å². The molecular weight excluding hydrogens is 532 g/mol. The summed E-state index contributed by atoms with van der Waals surface area (Å²) in [4.78, 5) is 0.0326. The largest absolute Gasteiger partial charge is 0.744 e. The maximum Gasteiger partial charge on any atom is 0.129 e. The molecule has 4 aliphatic rings. The molecule has 210 valence electrons. The van der Waals surface area contributed by atoms with Gasteiger partial charge in [-0.3, -0.25) is 0 Å². The first kappa shape index (κ1) is 28.2. The molecule has 4 atom stereocenters. The van der Waals surface area contributed by atoms with Crippen LogP contribution in [0.15, 0.2) is 53.4 Å². The summed E-state index contributed by atoms with van der Waals surface area (Å²) in [7, 11) is -1.92. The van der Waals surface area contributed by atoms with Gasteiger partial charge in [0, 0.05) is 29.7 Å². The van der Waals surface area contributed by atoms with Crippen LogP contribution in [-0.4, -0.2) is 64.4 Å². The van der Waals surface area contributed by atoms with Gasteiger partial charge in [-0.2, -0.15) is 0 Å². The van der Waals surface area contributed by atoms with Crippen LogP contribution in [0.25, 0.3) is 0 Å². The minimum absolute atomic E-state index is 0.164. The Morgan fingerprint density at radius 1 is 1.21 bits per heavy atom. The molecule has 9 heteroatoms. The molecule has 3 aliphatic carbocycles. The molecule has 3 fully saturated rings. The third-order valence-electron chi connectivity index (χ3n) is 9.70. The minimum Gasteiger partial charge on any atom is -0.744 e. The zero-order valence-corrected chi connectivity index (χ0v) is 24.3. The molecule has 7 nitrogen and oxygen atoms in total. The van der Waals surface area contributed by atoms with Crippen molar-refractivity contribution in [1.82, 2.24) is 0 Å². The van der Waals surface area contributed by atoms with Crippen LogP contribution in [0.4, 0.5) is 0 Å². The van der Waals surface area contributed by atoms with Crippen LogP contribution in [0.3, 0.4) is 0 Å². The van der Waals surface area contributed by atoms with Gasteiger partial charge in [-0.05, 0) is 62.8 Å². The van der Waals surface area contributed by atoms with Crippen molar-refractivity contribution in [3.8, 4) is 5.75 Å². The first-order valence-corrected chi connectivity index (χ1v) is 15.4. The number of thiocarbonyl (C=S) groups is 1. The predicted octanol–water partition coefficient (Wildman–Crippen LogP) is 3.82. The summed E-state index contributed by atoms with van der Waals surface area (Å²) >= 11 is 5.19. The number of aromatic hydroxyl groups is 1. The number of aryl methyl sites for hydroxylation is 1. The van der Waals surface area contributed by atoms with Gasteiger partial charge in [0.1, 0.15) is 32.5 Å². The van der Waals surface area contributed by atoms with Gasteiger partial charge in [-0.1, -0.05) is 48.1 Å². The summed E-state index contributed by atoms with van der Waals surface area (Å²) in [6.45, 7) is 8.30. The molecule has 2 aromatic carbocycles. The van der Waals surface area contributed by atoms with Gasteiger partial charge in [-0.15, -0.1) is 0 Å². The highest BCUT2D eigenvalue weighted by Gasteiger charge is 2.69. The Morgan fingerprint density at radius 2 is 1.87 bits per heavy atom. The topological polar surface area (TPSA) is 124 Å². The summed E-state index contributed by atoms with van der Waals surface area (Å²) in [5, 5.41) is 23.5. The first-order valence-electron chi connectivity index (χ1n) is 13.6. The molecule has 4 N–H and O–H groups in total. The number of hydrogen-bond donors (Lipinski definition) is 3. The first-order chi connectivity index (χ1) is 18.2. The van der Waals surface area contributed by atoms with Crippen molar-refractivity contribution in [2.75, 3.05) is 20.1 Å². The van der Waals surface area contributed by atoms with E-state index in [0.29, 0.717) is 5.56 Å². The molecule has 0 spiro atoms. The van der Waals surface area contributed by atoms with Gasteiger partial charge >= 0.3 is 0 Å². The van der Waals surface area contributed by atoms with Crippen molar-refractivity contribution in [1.29, 1.82) is 0 Å². The molecule has 2 aromatic rings. The number of allylic oxidation sites excluding steroid dienone is 1. The monoisotopic (exact) mass is 570 g/mol. The van der Waals surface area contributed by atoms with E-state index in [1.54, 1.807) is 12.1 Å². The van der Waals surface area contributed by atoms with Crippen molar-refractivity contribution in [3.05, 3.63) is 70.8 Å². The lowest BCUT2D eigenvalue weighted by molar-refractivity contribution is -0.950. The van der Waals surface area contributed by atoms with E-state index in [2.05, 4.69) is 19.7 Å². The standard InChI is InChI=1S/C23H30N2O2S.C7H8O3S/c1-14-7-8-23(27)18-11-16-5-6-17(21(24)28)20(26)19(16)22(23,12-14)9-10-25(18,2)13-15-3-4-15;1-6-2-4-7(5-3-6)11(8,9)10/h5-6,15,18,27H,1,3-4,7-13H2,2H3,(H2-,24,26,28);2-5H,1H3,(H,8,9,10)/t18-,22-,23-,25?;/m1./s1. The molecule has 0 amide bonds. The minimum atomic E-state index is -4.27. The molecule has 1 unspecified atom stereocenters. The summed E-state index contributed by atoms with van der Waals surface area (Å²) in [6, 6.07) is 9.89. The number of phenols is 1. The average Bonchev–Trinajstić information content (AvgIpc) is 3.66. The Balaban J connectivity index is 0.000000237. The van der Waals surface area contributed by atoms with E-state index >= 15 is 0 Å². The SMILES string of the molecule is C=C1CC[C@@]2(O)[C@H]3Cc4ccc(C(N)=S)c(O)c4[C@@]2(CC[N+]3(C)CC2CC2)C1.Cc1ccc(S(=O)(=O)[O-])cc1. The van der Waals surface area contributed by atoms with E-state index in [4.69, 9.17) is 18.0 Å². The Morgan fingerprint density at radius 3 is 2.46 bits per heavy atom. The third-order valence-corrected chi connectivity index (χ3v) is 10.8. The normalized spacial score (nSPS) is 31.4. The van der Waals surface area contributed by atoms with E-state index in [9.17, 15) is 23.2 Å². The fourth-order valence-corrected chi connectivity index (χ4v) is 8.19. The molecule has 0 aromatic heterocycles. The lowest BCUT2D eigenvalue weighted by atomic mass is 9.48. The van der Waals surface area contributed by atoms with Crippen molar-refractivity contribution in [3.63, 3.8) is 0 Å². The van der Waals surface area contributed by atoms with Crippen LogP contribution in [0, 0.1) is 12.8 Å². The number of hydrogen-bond acceptors (Lipinski definition) is 6. The van der Waals surface area contributed by atoms with Crippen molar-refractivity contribution >= 4 is 27.3 Å². The molecule has 1 saturated heterocycles. The smallest absolute Gasteiger partial charge is 0.129 e. The second kappa shape index (κ2) is 9.66. The highest BCUT2D eigenvalue weighted by molar-refractivity contribution is 7.85. The molecule has 1 heterocycles. The lowest BCUT2D eigenvalue weighted by Gasteiger charge is -2.65. The number of likely N-dealkylation sites (tertiary alicyclic amines) is 1. The van der Waals surface area contributed by atoms with Crippen LogP contribution < -0.4 is 5.73 Å². The second-order valence-electron chi connectivity index (χ2n) is 12.4. The number of quaternary nitrogens is 1. The van der Waals surface area contributed by atoms with E-state index < -0.39 is 21.1 Å². The summed E-state index contributed by atoms with van der Waals surface area (Å²) in [6.07, 6.45) is 6.66. The summed E-state index contributed by atoms with van der Waals surface area (Å²) in [5.41, 5.74) is 9.28. The zero-order valence-electron chi connectivity index (χ0n) is 22.7. The highest BCUT2D eigenvalue weighted by atomic mass is 32.2. The quantitative estimate of drug-likeness (QED) is 0.221. The van der Waals surface area contributed by atoms with E-state index in [1.165, 1.54) is 30.5 Å². The van der Waals surface area contributed by atoms with Crippen molar-refractivity contribution in [2.45, 2.75) is 73.8 Å². The Kier molecular flexibility index (Phi) is 7.00. The molecule has 0 radical (unpaired) electrons. The van der Waals surface area contributed by atoms with Crippen molar-refractivity contribution in [2.24, 2.45) is 11.7 Å². The van der Waals surface area contributed by atoms with Gasteiger partial charge in [0.05, 0.1) is 30.6 Å². The van der Waals surface area contributed by atoms with Crippen LogP contribution in [0.2, 0.25) is 0 Å². The lowest BCUT2D eigenvalue weighted by Crippen LogP contribution is -2.78. The van der Waals surface area contributed by atoms with E-state index in [0.717, 1.165) is 72.3 Å². The maximum atomic E-state index is 12.3. The number of nitrogens with zero attached hydrogens (tertiary/aromatic N) is 1. The zero-order chi connectivity index (χ0) is 28.4. The fourth-order valence-electron chi connectivity index (χ4n) is 7.56. The van der Waals surface area contributed by atoms with Crippen LogP contribution >= 0.6 is 12.2 Å². The fraction of sp³-hybridized carbons (Fsp3) is 0.500. The average molecular weight is 571 g/mol. The maximum absolute atomic E-state index is 12.3. The Labute approximate surface area is 236 Å². The molecule has 6 rings (SSSR count). The third kappa shape index (κ3) is 4.82. The van der Waals surface area contributed by atoms with E-state index in [1.807, 2.05) is 13.0 Å². The number of piperidine rings is 1. The van der Waals surface area contributed by atoms with Gasteiger partial charge in [0.15, 0.2) is 0 Å². The number of fused-ring (bicyclic) bond motifs is 1. The molecule has 2 saturated carbocycles. The summed E-state index contributed by atoms with van der Waals surface area (Å²) in [5.74, 6) is 1.00. The highest BCUT2D eigenvalue weighted by Crippen LogP contribution is 2.62. The molecule has 2 bridgehead atoms. The van der Waals surface area contributed by atoms with Crippen LogP contribution in [0.5, 0.6) is 5.75 Å². The van der Waals surface area contributed by atoms with Crippen molar-refractivity contribution < 1.29 is 27.7 Å². The molecular formula is C30H38N2O5S2. The number of aliphatic hydroxyl groups is 1. The number of nitrogens with two attached hydrogens (primary N) is 1. The number of benzene rings is 2. The van der Waals surface area contributed by atoms with Gasteiger partial charge in [0.2, 0.25) is 0 Å². The number of likely N-dealkylation sites (N-methyl/N-ethyl adjacent to an activating group) is 1. The van der Waals surface area contributed by atoms with Crippen LogP contribution in [-0.2, 0) is 22.0 Å². The van der Waals surface area contributed by atoms with Crippen LogP contribution in [0.1, 0.15) is 60.8 Å². The Hall–Kier alpha value is -2.30.